The molecule has 1 saturated heterocycles. The molecule has 1 aromatic carbocycles. The van der Waals surface area contributed by atoms with Crippen LogP contribution in [-0.2, 0) is 6.54 Å². The summed E-state index contributed by atoms with van der Waals surface area (Å²) in [6, 6.07) is 18.5. The van der Waals surface area contributed by atoms with Crippen molar-refractivity contribution in [2.24, 2.45) is 0 Å². The fraction of sp³-hybridized carbons (Fsp3) is 0.286. The van der Waals surface area contributed by atoms with Crippen molar-refractivity contribution in [3.05, 3.63) is 72.2 Å². The van der Waals surface area contributed by atoms with Gasteiger partial charge >= 0.3 is 0 Å². The second-order valence-electron chi connectivity index (χ2n) is 6.68. The third kappa shape index (κ3) is 4.34. The number of para-hydroxylation sites is 1. The van der Waals surface area contributed by atoms with Gasteiger partial charge in [-0.15, -0.1) is 0 Å². The summed E-state index contributed by atoms with van der Waals surface area (Å²) >= 11 is 0. The van der Waals surface area contributed by atoms with Gasteiger partial charge in [0.05, 0.1) is 12.2 Å². The molecule has 0 aliphatic carbocycles. The minimum Gasteiger partial charge on any atom is -0.368 e. The Labute approximate surface area is 159 Å². The number of anilines is 3. The first kappa shape index (κ1) is 17.3. The van der Waals surface area contributed by atoms with E-state index in [1.165, 1.54) is 5.69 Å². The number of nitrogens with zero attached hydrogens (tertiary/aromatic N) is 5. The zero-order valence-corrected chi connectivity index (χ0v) is 15.5. The third-order valence-corrected chi connectivity index (χ3v) is 4.72. The van der Waals surface area contributed by atoms with Crippen LogP contribution in [0.1, 0.15) is 11.4 Å². The van der Waals surface area contributed by atoms with Crippen LogP contribution in [0.5, 0.6) is 0 Å². The van der Waals surface area contributed by atoms with Gasteiger partial charge < -0.3 is 15.1 Å². The first-order valence-corrected chi connectivity index (χ1v) is 9.32. The lowest BCUT2D eigenvalue weighted by atomic mass is 10.2. The highest BCUT2D eigenvalue weighted by atomic mass is 15.3. The summed E-state index contributed by atoms with van der Waals surface area (Å²) in [5.41, 5.74) is 3.23. The van der Waals surface area contributed by atoms with Gasteiger partial charge in [-0.05, 0) is 31.2 Å². The molecule has 2 aromatic heterocycles. The van der Waals surface area contributed by atoms with Crippen LogP contribution in [0.2, 0.25) is 0 Å². The van der Waals surface area contributed by atoms with E-state index in [-0.39, 0.29) is 0 Å². The Hall–Kier alpha value is -3.15. The van der Waals surface area contributed by atoms with Crippen molar-refractivity contribution < 1.29 is 0 Å². The smallest absolute Gasteiger partial charge is 0.225 e. The highest BCUT2D eigenvalue weighted by Gasteiger charge is 2.19. The normalized spacial score (nSPS) is 14.3. The van der Waals surface area contributed by atoms with Gasteiger partial charge in [-0.3, -0.25) is 4.98 Å². The Bertz CT molecular complexity index is 860. The van der Waals surface area contributed by atoms with Crippen molar-refractivity contribution >= 4 is 17.5 Å². The van der Waals surface area contributed by atoms with E-state index >= 15 is 0 Å². The molecule has 3 aromatic rings. The molecular formula is C21H24N6. The standard InChI is InChI=1S/C21H24N6/c1-17-15-20(25-21(24-17)23-16-18-7-5-6-10-22-18)27-13-11-26(12-14-27)19-8-3-2-4-9-19/h2-10,15H,11-14,16H2,1H3,(H,23,24,25). The van der Waals surface area contributed by atoms with E-state index in [1.807, 2.05) is 25.1 Å². The highest BCUT2D eigenvalue weighted by molar-refractivity contribution is 5.50. The van der Waals surface area contributed by atoms with Crippen LogP contribution >= 0.6 is 0 Å². The second kappa shape index (κ2) is 8.03. The fourth-order valence-corrected chi connectivity index (χ4v) is 3.30. The van der Waals surface area contributed by atoms with E-state index in [1.54, 1.807) is 6.20 Å². The van der Waals surface area contributed by atoms with Crippen LogP contribution in [0.4, 0.5) is 17.5 Å². The maximum absolute atomic E-state index is 4.73. The Morgan fingerprint density at radius 2 is 1.63 bits per heavy atom. The molecule has 0 radical (unpaired) electrons. The largest absolute Gasteiger partial charge is 0.368 e. The summed E-state index contributed by atoms with van der Waals surface area (Å²) in [5, 5.41) is 3.29. The van der Waals surface area contributed by atoms with Crippen molar-refractivity contribution in [1.29, 1.82) is 0 Å². The van der Waals surface area contributed by atoms with Crippen LogP contribution < -0.4 is 15.1 Å². The molecule has 27 heavy (non-hydrogen) atoms. The summed E-state index contributed by atoms with van der Waals surface area (Å²) in [6.07, 6.45) is 1.80. The number of aryl methyl sites for hydroxylation is 1. The lowest BCUT2D eigenvalue weighted by Crippen LogP contribution is -2.46. The molecule has 1 aliphatic heterocycles. The van der Waals surface area contributed by atoms with Crippen molar-refractivity contribution in [3.8, 4) is 0 Å². The van der Waals surface area contributed by atoms with E-state index in [4.69, 9.17) is 4.98 Å². The van der Waals surface area contributed by atoms with Gasteiger partial charge in [-0.1, -0.05) is 24.3 Å². The average Bonchev–Trinajstić information content (AvgIpc) is 2.73. The molecule has 138 valence electrons. The van der Waals surface area contributed by atoms with Gasteiger partial charge in [-0.2, -0.15) is 4.98 Å². The van der Waals surface area contributed by atoms with Gasteiger partial charge in [0.2, 0.25) is 5.95 Å². The molecule has 1 N–H and O–H groups in total. The molecule has 1 aliphatic rings. The molecule has 1 fully saturated rings. The molecule has 6 nitrogen and oxygen atoms in total. The van der Waals surface area contributed by atoms with Crippen molar-refractivity contribution in [3.63, 3.8) is 0 Å². The maximum atomic E-state index is 4.73. The van der Waals surface area contributed by atoms with Gasteiger partial charge in [0, 0.05) is 49.8 Å². The minimum atomic E-state index is 0.617. The molecule has 0 atom stereocenters. The van der Waals surface area contributed by atoms with Crippen molar-refractivity contribution in [1.82, 2.24) is 15.0 Å². The van der Waals surface area contributed by atoms with E-state index in [0.29, 0.717) is 12.5 Å². The molecule has 3 heterocycles. The topological polar surface area (TPSA) is 57.2 Å². The molecule has 6 heteroatoms. The van der Waals surface area contributed by atoms with Gasteiger partial charge in [0.15, 0.2) is 0 Å². The predicted octanol–water partition coefficient (Wildman–Crippen LogP) is 3.12. The first-order chi connectivity index (χ1) is 13.3. The minimum absolute atomic E-state index is 0.617. The highest BCUT2D eigenvalue weighted by Crippen LogP contribution is 2.20. The maximum Gasteiger partial charge on any atom is 0.225 e. The summed E-state index contributed by atoms with van der Waals surface area (Å²) in [7, 11) is 0. The molecule has 0 spiro atoms. The molecule has 4 rings (SSSR count). The lowest BCUT2D eigenvalue weighted by molar-refractivity contribution is 0.646. The molecule has 0 bridgehead atoms. The van der Waals surface area contributed by atoms with E-state index in [0.717, 1.165) is 43.4 Å². The van der Waals surface area contributed by atoms with Crippen molar-refractivity contribution in [2.45, 2.75) is 13.5 Å². The number of aromatic nitrogens is 3. The van der Waals surface area contributed by atoms with E-state index < -0.39 is 0 Å². The number of rotatable bonds is 5. The molecule has 0 amide bonds. The zero-order chi connectivity index (χ0) is 18.5. The number of benzene rings is 1. The van der Waals surface area contributed by atoms with Crippen LogP contribution in [0.3, 0.4) is 0 Å². The monoisotopic (exact) mass is 360 g/mol. The van der Waals surface area contributed by atoms with E-state index in [9.17, 15) is 0 Å². The van der Waals surface area contributed by atoms with Crippen LogP contribution in [0, 0.1) is 6.92 Å². The Morgan fingerprint density at radius 3 is 2.37 bits per heavy atom. The Balaban J connectivity index is 1.41. The third-order valence-electron chi connectivity index (χ3n) is 4.72. The number of pyridine rings is 1. The second-order valence-corrected chi connectivity index (χ2v) is 6.68. The number of hydrogen-bond donors (Lipinski definition) is 1. The van der Waals surface area contributed by atoms with Gasteiger partial charge in [0.1, 0.15) is 5.82 Å². The number of piperazine rings is 1. The summed E-state index contributed by atoms with van der Waals surface area (Å²) in [4.78, 5) is 18.3. The fourth-order valence-electron chi connectivity index (χ4n) is 3.30. The van der Waals surface area contributed by atoms with Gasteiger partial charge in [0.25, 0.3) is 0 Å². The lowest BCUT2D eigenvalue weighted by Gasteiger charge is -2.36. The number of hydrogen-bond acceptors (Lipinski definition) is 6. The molecular weight excluding hydrogens is 336 g/mol. The van der Waals surface area contributed by atoms with Crippen molar-refractivity contribution in [2.75, 3.05) is 41.3 Å². The van der Waals surface area contributed by atoms with Crippen LogP contribution in [0.15, 0.2) is 60.8 Å². The number of nitrogens with one attached hydrogen (secondary N) is 1. The van der Waals surface area contributed by atoms with E-state index in [2.05, 4.69) is 61.5 Å². The van der Waals surface area contributed by atoms with Crippen LogP contribution in [0.25, 0.3) is 0 Å². The molecule has 0 unspecified atom stereocenters. The summed E-state index contributed by atoms with van der Waals surface area (Å²) in [6.45, 7) is 6.51. The predicted molar refractivity (Wildman–Crippen MR) is 109 cm³/mol. The van der Waals surface area contributed by atoms with Gasteiger partial charge in [-0.25, -0.2) is 4.98 Å². The average molecular weight is 360 g/mol. The molecule has 0 saturated carbocycles. The summed E-state index contributed by atoms with van der Waals surface area (Å²) in [5.74, 6) is 1.64. The first-order valence-electron chi connectivity index (χ1n) is 9.32. The van der Waals surface area contributed by atoms with Crippen LogP contribution in [-0.4, -0.2) is 41.1 Å². The Morgan fingerprint density at radius 1 is 0.889 bits per heavy atom. The Kier molecular flexibility index (Phi) is 5.14. The summed E-state index contributed by atoms with van der Waals surface area (Å²) < 4.78 is 0. The SMILES string of the molecule is Cc1cc(N2CCN(c3ccccc3)CC2)nc(NCc2ccccn2)n1. The quantitative estimate of drug-likeness (QED) is 0.754. The zero-order valence-electron chi connectivity index (χ0n) is 15.5.